The molecule has 0 saturated carbocycles. The summed E-state index contributed by atoms with van der Waals surface area (Å²) in [6.45, 7) is -0.139. The number of nitrogens with zero attached hydrogens (tertiary/aromatic N) is 1. The van der Waals surface area contributed by atoms with E-state index >= 15 is 0 Å². The fourth-order valence-corrected chi connectivity index (χ4v) is 2.31. The van der Waals surface area contributed by atoms with Crippen molar-refractivity contribution in [1.82, 2.24) is 10.2 Å². The third kappa shape index (κ3) is 3.23. The van der Waals surface area contributed by atoms with Crippen LogP contribution in [0.3, 0.4) is 0 Å². The van der Waals surface area contributed by atoms with Crippen LogP contribution in [0.1, 0.15) is 21.9 Å². The second-order valence-electron chi connectivity index (χ2n) is 5.20. The molecule has 1 aromatic carbocycles. The molecule has 1 aromatic heterocycles. The average molecular weight is 342 g/mol. The lowest BCUT2D eigenvalue weighted by Crippen LogP contribution is -2.30. The fraction of sp³-hybridized carbons (Fsp3) is 0.118. The Morgan fingerprint density at radius 3 is 2.76 bits per heavy atom. The number of hydrogen-bond donors (Lipinski definition) is 2. The predicted octanol–water partition coefficient (Wildman–Crippen LogP) is 1.86. The van der Waals surface area contributed by atoms with Crippen LogP contribution in [0.5, 0.6) is 5.75 Å². The van der Waals surface area contributed by atoms with Crippen LogP contribution >= 0.6 is 0 Å². The Kier molecular flexibility index (Phi) is 4.25. The van der Waals surface area contributed by atoms with E-state index in [4.69, 9.17) is 4.42 Å². The van der Waals surface area contributed by atoms with E-state index in [1.165, 1.54) is 31.4 Å². The van der Waals surface area contributed by atoms with Gasteiger partial charge in [-0.15, -0.1) is 0 Å². The Labute approximate surface area is 142 Å². The van der Waals surface area contributed by atoms with Crippen LogP contribution in [0.2, 0.25) is 0 Å². The van der Waals surface area contributed by atoms with Crippen LogP contribution in [0, 0.1) is 0 Å². The first-order chi connectivity index (χ1) is 12.0. The Balaban J connectivity index is 1.79. The molecule has 3 rings (SSSR count). The molecule has 0 aliphatic carbocycles. The number of furan rings is 1. The van der Waals surface area contributed by atoms with Crippen LogP contribution in [0.4, 0.5) is 4.79 Å². The lowest BCUT2D eigenvalue weighted by molar-refractivity contribution is -0.123. The summed E-state index contributed by atoms with van der Waals surface area (Å²) in [5.74, 6) is -0.987. The Bertz CT molecular complexity index is 883. The number of esters is 1. The Morgan fingerprint density at radius 2 is 2.04 bits per heavy atom. The first kappa shape index (κ1) is 16.3. The molecule has 8 heteroatoms. The SMILES string of the molecule is COC(=O)c1ccc(CN2C(=O)NC(=Cc3ccccc3O)C2=O)o1. The van der Waals surface area contributed by atoms with E-state index in [1.54, 1.807) is 18.2 Å². The zero-order chi connectivity index (χ0) is 18.0. The largest absolute Gasteiger partial charge is 0.507 e. The van der Waals surface area contributed by atoms with Crippen molar-refractivity contribution in [3.8, 4) is 5.75 Å². The van der Waals surface area contributed by atoms with Crippen molar-refractivity contribution in [3.63, 3.8) is 0 Å². The molecular weight excluding hydrogens is 328 g/mol. The van der Waals surface area contributed by atoms with Crippen molar-refractivity contribution >= 4 is 24.0 Å². The molecule has 0 spiro atoms. The van der Waals surface area contributed by atoms with Crippen molar-refractivity contribution in [2.24, 2.45) is 0 Å². The number of urea groups is 1. The van der Waals surface area contributed by atoms with Gasteiger partial charge in [-0.05, 0) is 24.3 Å². The Morgan fingerprint density at radius 1 is 1.28 bits per heavy atom. The van der Waals surface area contributed by atoms with Gasteiger partial charge in [-0.2, -0.15) is 0 Å². The van der Waals surface area contributed by atoms with Crippen LogP contribution in [-0.2, 0) is 16.1 Å². The van der Waals surface area contributed by atoms with Crippen LogP contribution in [-0.4, -0.2) is 35.0 Å². The van der Waals surface area contributed by atoms with E-state index in [0.29, 0.717) is 5.56 Å². The number of phenolic OH excluding ortho intramolecular Hbond substituents is 1. The first-order valence-electron chi connectivity index (χ1n) is 7.29. The molecule has 2 N–H and O–H groups in total. The van der Waals surface area contributed by atoms with Gasteiger partial charge in [0.15, 0.2) is 0 Å². The number of nitrogens with one attached hydrogen (secondary N) is 1. The van der Waals surface area contributed by atoms with Crippen molar-refractivity contribution in [2.75, 3.05) is 7.11 Å². The van der Waals surface area contributed by atoms with Gasteiger partial charge in [-0.3, -0.25) is 9.69 Å². The number of hydrogen-bond acceptors (Lipinski definition) is 6. The highest BCUT2D eigenvalue weighted by Crippen LogP contribution is 2.22. The molecule has 2 aromatic rings. The highest BCUT2D eigenvalue weighted by atomic mass is 16.5. The third-order valence-electron chi connectivity index (χ3n) is 3.56. The summed E-state index contributed by atoms with van der Waals surface area (Å²) < 4.78 is 9.79. The number of benzene rings is 1. The van der Waals surface area contributed by atoms with Gasteiger partial charge in [0.05, 0.1) is 13.7 Å². The number of carbonyl (C=O) groups excluding carboxylic acids is 3. The second-order valence-corrected chi connectivity index (χ2v) is 5.20. The topological polar surface area (TPSA) is 109 Å². The summed E-state index contributed by atoms with van der Waals surface area (Å²) >= 11 is 0. The molecule has 25 heavy (non-hydrogen) atoms. The van der Waals surface area contributed by atoms with Gasteiger partial charge in [-0.1, -0.05) is 18.2 Å². The van der Waals surface area contributed by atoms with E-state index in [1.807, 2.05) is 0 Å². The fourth-order valence-electron chi connectivity index (χ4n) is 2.31. The highest BCUT2D eigenvalue weighted by Gasteiger charge is 2.34. The molecule has 1 fully saturated rings. The number of methoxy groups -OCH3 is 1. The number of amides is 3. The zero-order valence-electron chi connectivity index (χ0n) is 13.2. The number of para-hydroxylation sites is 1. The molecule has 0 radical (unpaired) electrons. The molecule has 0 bridgehead atoms. The summed E-state index contributed by atoms with van der Waals surface area (Å²) in [6, 6.07) is 8.69. The van der Waals surface area contributed by atoms with Crippen LogP contribution in [0.15, 0.2) is 46.5 Å². The lowest BCUT2D eigenvalue weighted by Gasteiger charge is -2.09. The number of phenols is 1. The van der Waals surface area contributed by atoms with Gasteiger partial charge in [0.25, 0.3) is 5.91 Å². The molecule has 0 unspecified atom stereocenters. The maximum atomic E-state index is 12.4. The molecule has 1 aliphatic heterocycles. The van der Waals surface area contributed by atoms with Gasteiger partial charge >= 0.3 is 12.0 Å². The van der Waals surface area contributed by atoms with Crippen molar-refractivity contribution in [2.45, 2.75) is 6.54 Å². The van der Waals surface area contributed by atoms with E-state index in [9.17, 15) is 19.5 Å². The van der Waals surface area contributed by atoms with Crippen molar-refractivity contribution < 1.29 is 28.6 Å². The van der Waals surface area contributed by atoms with E-state index in [2.05, 4.69) is 10.1 Å². The number of imide groups is 1. The van der Waals surface area contributed by atoms with Gasteiger partial charge in [0, 0.05) is 5.56 Å². The van der Waals surface area contributed by atoms with Crippen molar-refractivity contribution in [3.05, 3.63) is 59.2 Å². The maximum absolute atomic E-state index is 12.4. The number of ether oxygens (including phenoxy) is 1. The minimum Gasteiger partial charge on any atom is -0.507 e. The summed E-state index contributed by atoms with van der Waals surface area (Å²) in [5, 5.41) is 12.2. The minimum atomic E-state index is -0.649. The summed E-state index contributed by atoms with van der Waals surface area (Å²) in [6.07, 6.45) is 1.39. The first-order valence-corrected chi connectivity index (χ1v) is 7.29. The highest BCUT2D eigenvalue weighted by molar-refractivity contribution is 6.14. The Hall–Kier alpha value is -3.55. The number of carbonyl (C=O) groups is 3. The van der Waals surface area contributed by atoms with E-state index < -0.39 is 17.9 Å². The monoisotopic (exact) mass is 342 g/mol. The van der Waals surface area contributed by atoms with Crippen LogP contribution < -0.4 is 5.32 Å². The molecular formula is C17H14N2O6. The van der Waals surface area contributed by atoms with Gasteiger partial charge in [0.2, 0.25) is 5.76 Å². The molecule has 3 amide bonds. The summed E-state index contributed by atoms with van der Waals surface area (Å²) in [5.41, 5.74) is 0.435. The molecule has 128 valence electrons. The quantitative estimate of drug-likeness (QED) is 0.499. The van der Waals surface area contributed by atoms with Gasteiger partial charge < -0.3 is 19.6 Å². The number of rotatable bonds is 4. The predicted molar refractivity (Wildman–Crippen MR) is 85.2 cm³/mol. The third-order valence-corrected chi connectivity index (χ3v) is 3.56. The second kappa shape index (κ2) is 6.52. The molecule has 1 aliphatic rings. The van der Waals surface area contributed by atoms with Gasteiger partial charge in [0.1, 0.15) is 17.2 Å². The minimum absolute atomic E-state index is 0.00995. The summed E-state index contributed by atoms with van der Waals surface area (Å²) in [4.78, 5) is 36.7. The average Bonchev–Trinajstić information content (AvgIpc) is 3.17. The van der Waals surface area contributed by atoms with Crippen molar-refractivity contribution in [1.29, 1.82) is 0 Å². The lowest BCUT2D eigenvalue weighted by atomic mass is 10.1. The molecule has 1 saturated heterocycles. The number of aromatic hydroxyl groups is 1. The molecule has 8 nitrogen and oxygen atoms in total. The summed E-state index contributed by atoms with van der Waals surface area (Å²) in [7, 11) is 1.22. The van der Waals surface area contributed by atoms with Crippen LogP contribution in [0.25, 0.3) is 6.08 Å². The standard InChI is InChI=1S/C17H14N2O6/c1-24-16(22)14-7-6-11(25-14)9-19-15(21)12(18-17(19)23)8-10-4-2-3-5-13(10)20/h2-8,20H,9H2,1H3,(H,18,23). The smallest absolute Gasteiger partial charge is 0.373 e. The van der Waals surface area contributed by atoms with E-state index in [-0.39, 0.29) is 29.5 Å². The zero-order valence-corrected chi connectivity index (χ0v) is 13.2. The maximum Gasteiger partial charge on any atom is 0.373 e. The van der Waals surface area contributed by atoms with Gasteiger partial charge in [-0.25, -0.2) is 9.59 Å². The normalized spacial score (nSPS) is 15.6. The molecule has 0 atom stereocenters. The van der Waals surface area contributed by atoms with E-state index in [0.717, 1.165) is 4.90 Å². The molecule has 2 heterocycles.